The molecule has 2 heterocycles. The van der Waals surface area contributed by atoms with Crippen molar-refractivity contribution in [3.63, 3.8) is 0 Å². The Morgan fingerprint density at radius 3 is 2.53 bits per heavy atom. The van der Waals surface area contributed by atoms with Gasteiger partial charge in [-0.3, -0.25) is 19.7 Å². The van der Waals surface area contributed by atoms with E-state index in [0.717, 1.165) is 9.88 Å². The number of benzene rings is 1. The number of alkyl halides is 2. The molecule has 1 N–H and O–H groups in total. The Morgan fingerprint density at radius 2 is 1.87 bits per heavy atom. The maximum absolute atomic E-state index is 12.1. The molecule has 0 fully saturated rings. The summed E-state index contributed by atoms with van der Waals surface area (Å²) >= 11 is 2.94. The van der Waals surface area contributed by atoms with Crippen LogP contribution in [0.5, 0.6) is 5.75 Å². The number of esters is 1. The third-order valence-electron chi connectivity index (χ3n) is 3.57. The number of nitrogens with one attached hydrogen (secondary N) is 1. The number of nitrogens with zero attached hydrogens (tertiary/aromatic N) is 1. The fourth-order valence-corrected chi connectivity index (χ4v) is 3.90. The minimum atomic E-state index is -2.98. The molecule has 0 radical (unpaired) electrons. The largest absolute Gasteiger partial charge is 0.455 e. The number of ether oxygens (including phenoxy) is 2. The lowest BCUT2D eigenvalue weighted by Crippen LogP contribution is -2.34. The third kappa shape index (κ3) is 6.16. The molecule has 0 aliphatic rings. The number of aromatic nitrogens is 1. The molecule has 0 aliphatic carbocycles. The molecule has 156 valence electrons. The second-order valence-electron chi connectivity index (χ2n) is 5.74. The normalized spacial score (nSPS) is 10.6. The van der Waals surface area contributed by atoms with E-state index in [-0.39, 0.29) is 17.7 Å². The highest BCUT2D eigenvalue weighted by Gasteiger charge is 2.15. The predicted octanol–water partition coefficient (Wildman–Crippen LogP) is 3.52. The smallest absolute Gasteiger partial charge is 0.387 e. The number of hydrogen-bond donors (Lipinski definition) is 1. The van der Waals surface area contributed by atoms with E-state index >= 15 is 0 Å². The molecule has 3 aromatic rings. The van der Waals surface area contributed by atoms with Gasteiger partial charge in [-0.05, 0) is 35.7 Å². The van der Waals surface area contributed by atoms with E-state index in [1.807, 2.05) is 22.8 Å². The molecule has 11 heteroatoms. The standard InChI is InChI=1S/C19H14F2N2O5S2/c20-19(21)28-13-5-3-11(4-6-13)17(26)23-15(24)9-27-16(25)8-12-10-30-18(22-12)14-2-1-7-29-14/h1-7,10,19H,8-9H2,(H,23,24,26). The van der Waals surface area contributed by atoms with Crippen LogP contribution in [0.25, 0.3) is 9.88 Å². The van der Waals surface area contributed by atoms with Crippen LogP contribution >= 0.6 is 22.7 Å². The number of rotatable bonds is 8. The molecule has 30 heavy (non-hydrogen) atoms. The Balaban J connectivity index is 1.43. The number of thiazole rings is 1. The Bertz CT molecular complexity index is 1020. The summed E-state index contributed by atoms with van der Waals surface area (Å²) in [5.74, 6) is -2.36. The van der Waals surface area contributed by atoms with Crippen molar-refractivity contribution in [2.45, 2.75) is 13.0 Å². The number of carbonyl (C=O) groups excluding carboxylic acids is 3. The zero-order valence-corrected chi connectivity index (χ0v) is 16.8. The van der Waals surface area contributed by atoms with E-state index in [1.165, 1.54) is 46.9 Å². The van der Waals surface area contributed by atoms with Crippen molar-refractivity contribution < 1.29 is 32.6 Å². The Labute approximate surface area is 177 Å². The van der Waals surface area contributed by atoms with Crippen LogP contribution in [0.3, 0.4) is 0 Å². The van der Waals surface area contributed by atoms with Gasteiger partial charge in [0.15, 0.2) is 6.61 Å². The molecule has 0 bridgehead atoms. The lowest BCUT2D eigenvalue weighted by molar-refractivity contribution is -0.147. The van der Waals surface area contributed by atoms with Gasteiger partial charge in [0.1, 0.15) is 10.8 Å². The van der Waals surface area contributed by atoms with E-state index in [0.29, 0.717) is 5.69 Å². The van der Waals surface area contributed by atoms with Crippen molar-refractivity contribution >= 4 is 40.5 Å². The molecular weight excluding hydrogens is 438 g/mol. The molecule has 1 aromatic carbocycles. The van der Waals surface area contributed by atoms with Crippen LogP contribution in [-0.2, 0) is 20.7 Å². The third-order valence-corrected chi connectivity index (χ3v) is 5.50. The lowest BCUT2D eigenvalue weighted by atomic mass is 10.2. The second-order valence-corrected chi connectivity index (χ2v) is 7.54. The van der Waals surface area contributed by atoms with Crippen LogP contribution < -0.4 is 10.1 Å². The van der Waals surface area contributed by atoms with Crippen molar-refractivity contribution in [1.82, 2.24) is 10.3 Å². The molecule has 3 rings (SSSR count). The van der Waals surface area contributed by atoms with Crippen molar-refractivity contribution in [1.29, 1.82) is 0 Å². The van der Waals surface area contributed by atoms with Crippen molar-refractivity contribution in [3.05, 3.63) is 58.4 Å². The highest BCUT2D eigenvalue weighted by Crippen LogP contribution is 2.27. The molecule has 7 nitrogen and oxygen atoms in total. The van der Waals surface area contributed by atoms with Crippen LogP contribution in [0.1, 0.15) is 16.1 Å². The van der Waals surface area contributed by atoms with Gasteiger partial charge in [-0.25, -0.2) is 4.98 Å². The Hall–Kier alpha value is -3.18. The first-order valence-corrected chi connectivity index (χ1v) is 10.2. The number of imide groups is 1. The van der Waals surface area contributed by atoms with Crippen LogP contribution in [0.15, 0.2) is 47.2 Å². The van der Waals surface area contributed by atoms with Crippen molar-refractivity contribution in [2.75, 3.05) is 6.61 Å². The first-order chi connectivity index (χ1) is 14.4. The van der Waals surface area contributed by atoms with Crippen LogP contribution in [-0.4, -0.2) is 36.0 Å². The molecule has 0 saturated heterocycles. The van der Waals surface area contributed by atoms with Crippen LogP contribution in [0.2, 0.25) is 0 Å². The maximum Gasteiger partial charge on any atom is 0.387 e. The Kier molecular flexibility index (Phi) is 7.20. The number of carbonyl (C=O) groups is 3. The van der Waals surface area contributed by atoms with Gasteiger partial charge in [-0.2, -0.15) is 8.78 Å². The molecule has 2 aromatic heterocycles. The lowest BCUT2D eigenvalue weighted by Gasteiger charge is -2.07. The number of hydrogen-bond acceptors (Lipinski definition) is 8. The van der Waals surface area contributed by atoms with Gasteiger partial charge < -0.3 is 9.47 Å². The summed E-state index contributed by atoms with van der Waals surface area (Å²) in [6, 6.07) is 8.61. The molecular formula is C19H14F2N2O5S2. The average Bonchev–Trinajstić information content (AvgIpc) is 3.38. The van der Waals surface area contributed by atoms with E-state index in [9.17, 15) is 23.2 Å². The monoisotopic (exact) mass is 452 g/mol. The first-order valence-electron chi connectivity index (χ1n) is 8.43. The van der Waals surface area contributed by atoms with E-state index in [2.05, 4.69) is 9.72 Å². The number of thiophene rings is 1. The van der Waals surface area contributed by atoms with E-state index < -0.39 is 31.0 Å². The van der Waals surface area contributed by atoms with Gasteiger partial charge in [0.2, 0.25) is 0 Å². The fourth-order valence-electron chi connectivity index (χ4n) is 2.27. The van der Waals surface area contributed by atoms with Crippen molar-refractivity contribution in [3.8, 4) is 15.6 Å². The summed E-state index contributed by atoms with van der Waals surface area (Å²) in [4.78, 5) is 41.0. The summed E-state index contributed by atoms with van der Waals surface area (Å²) in [5, 5.41) is 6.50. The average molecular weight is 452 g/mol. The summed E-state index contributed by atoms with van der Waals surface area (Å²) in [7, 11) is 0. The minimum Gasteiger partial charge on any atom is -0.455 e. The quantitative estimate of drug-likeness (QED) is 0.526. The summed E-state index contributed by atoms with van der Waals surface area (Å²) in [6.45, 7) is -3.62. The maximum atomic E-state index is 12.1. The van der Waals surface area contributed by atoms with Crippen LogP contribution in [0.4, 0.5) is 8.78 Å². The van der Waals surface area contributed by atoms with Gasteiger partial charge >= 0.3 is 12.6 Å². The molecule has 2 amide bonds. The zero-order chi connectivity index (χ0) is 21.5. The molecule has 0 unspecified atom stereocenters. The van der Waals surface area contributed by atoms with Gasteiger partial charge in [-0.15, -0.1) is 22.7 Å². The van der Waals surface area contributed by atoms with Crippen LogP contribution in [0, 0.1) is 0 Å². The fraction of sp³-hybridized carbons (Fsp3) is 0.158. The zero-order valence-electron chi connectivity index (χ0n) is 15.2. The topological polar surface area (TPSA) is 94.6 Å². The molecule has 0 saturated carbocycles. The first kappa shape index (κ1) is 21.5. The van der Waals surface area contributed by atoms with E-state index in [4.69, 9.17) is 4.74 Å². The summed E-state index contributed by atoms with van der Waals surface area (Å²) in [6.07, 6.45) is -0.102. The van der Waals surface area contributed by atoms with Crippen molar-refractivity contribution in [2.24, 2.45) is 0 Å². The van der Waals surface area contributed by atoms with Gasteiger partial charge in [0, 0.05) is 10.9 Å². The minimum absolute atomic E-state index is 0.0554. The second kappa shape index (κ2) is 10.0. The Morgan fingerprint density at radius 1 is 1.10 bits per heavy atom. The molecule has 0 spiro atoms. The number of halogens is 2. The van der Waals surface area contributed by atoms with Gasteiger partial charge in [0.25, 0.3) is 11.8 Å². The number of amides is 2. The highest BCUT2D eigenvalue weighted by atomic mass is 32.1. The predicted molar refractivity (Wildman–Crippen MR) is 106 cm³/mol. The highest BCUT2D eigenvalue weighted by molar-refractivity contribution is 7.20. The summed E-state index contributed by atoms with van der Waals surface area (Å²) < 4.78 is 33.3. The van der Waals surface area contributed by atoms with E-state index in [1.54, 1.807) is 5.38 Å². The summed E-state index contributed by atoms with van der Waals surface area (Å²) in [5.41, 5.74) is 0.580. The van der Waals surface area contributed by atoms with Gasteiger partial charge in [0.05, 0.1) is 17.0 Å². The molecule has 0 aliphatic heterocycles. The SMILES string of the molecule is O=C(COC(=O)Cc1csc(-c2cccs2)n1)NC(=O)c1ccc(OC(F)F)cc1. The molecule has 0 atom stereocenters. The van der Waals surface area contributed by atoms with Gasteiger partial charge in [-0.1, -0.05) is 6.07 Å².